The normalized spacial score (nSPS) is 19.7. The number of rotatable bonds is 1. The molecule has 0 radical (unpaired) electrons. The van der Waals surface area contributed by atoms with Crippen molar-refractivity contribution in [3.8, 4) is 0 Å². The molecule has 3 heterocycles. The third-order valence-corrected chi connectivity index (χ3v) is 4.70. The van der Waals surface area contributed by atoms with Crippen LogP contribution in [0.5, 0.6) is 0 Å². The molecule has 1 fully saturated rings. The van der Waals surface area contributed by atoms with Gasteiger partial charge < -0.3 is 14.2 Å². The molecule has 4 rings (SSSR count). The lowest BCUT2D eigenvalue weighted by atomic mass is 9.87. The Kier molecular flexibility index (Phi) is 2.86. The van der Waals surface area contributed by atoms with Crippen LogP contribution in [0.15, 0.2) is 21.0 Å². The summed E-state index contributed by atoms with van der Waals surface area (Å²) in [5.74, 6) is 2.46. The van der Waals surface area contributed by atoms with E-state index in [0.29, 0.717) is 5.92 Å². The molecular formula is C18H21NO2. The van der Waals surface area contributed by atoms with Crippen molar-refractivity contribution in [2.75, 3.05) is 13.1 Å². The van der Waals surface area contributed by atoms with Crippen LogP contribution >= 0.6 is 0 Å². The van der Waals surface area contributed by atoms with Gasteiger partial charge in [0.2, 0.25) is 0 Å². The fourth-order valence-electron chi connectivity index (χ4n) is 3.73. The van der Waals surface area contributed by atoms with Crippen LogP contribution < -0.4 is 5.32 Å². The largest absolute Gasteiger partial charge is 0.461 e. The molecule has 0 amide bonds. The number of furan rings is 2. The van der Waals surface area contributed by atoms with Crippen LogP contribution in [0, 0.1) is 20.8 Å². The summed E-state index contributed by atoms with van der Waals surface area (Å²) in [6.07, 6.45) is 2.43. The van der Waals surface area contributed by atoms with Gasteiger partial charge in [-0.05, 0) is 52.3 Å². The first kappa shape index (κ1) is 13.0. The van der Waals surface area contributed by atoms with E-state index >= 15 is 0 Å². The Hall–Kier alpha value is -1.74. The van der Waals surface area contributed by atoms with Crippen LogP contribution in [0.25, 0.3) is 21.9 Å². The molecule has 0 bridgehead atoms. The van der Waals surface area contributed by atoms with E-state index in [9.17, 15) is 0 Å². The van der Waals surface area contributed by atoms with E-state index in [0.717, 1.165) is 35.8 Å². The Morgan fingerprint density at radius 3 is 2.43 bits per heavy atom. The molecule has 21 heavy (non-hydrogen) atoms. The molecule has 1 unspecified atom stereocenters. The van der Waals surface area contributed by atoms with Gasteiger partial charge in [0.15, 0.2) is 0 Å². The highest BCUT2D eigenvalue weighted by Gasteiger charge is 2.25. The molecule has 1 N–H and O–H groups in total. The molecule has 1 saturated heterocycles. The molecule has 1 aliphatic heterocycles. The number of fused-ring (bicyclic) bond motifs is 2. The molecular weight excluding hydrogens is 262 g/mol. The van der Waals surface area contributed by atoms with Crippen molar-refractivity contribution in [1.29, 1.82) is 0 Å². The molecule has 1 aromatic carbocycles. The van der Waals surface area contributed by atoms with E-state index < -0.39 is 0 Å². The van der Waals surface area contributed by atoms with Gasteiger partial charge in [0.25, 0.3) is 0 Å². The van der Waals surface area contributed by atoms with Crippen molar-refractivity contribution < 1.29 is 8.83 Å². The Bertz CT molecular complexity index is 761. The molecule has 2 aromatic heterocycles. The number of benzene rings is 1. The standard InChI is InChI=1S/C18H21NO2/c1-10-7-14-12(3)17-15(8-11(2)20-17)16(18(14)21-10)13-5-4-6-19-9-13/h7-8,13,19H,4-6,9H2,1-3H3. The minimum absolute atomic E-state index is 0.506. The molecule has 3 nitrogen and oxygen atoms in total. The van der Waals surface area contributed by atoms with E-state index in [1.54, 1.807) is 0 Å². The van der Waals surface area contributed by atoms with Crippen LogP contribution in [-0.4, -0.2) is 13.1 Å². The monoisotopic (exact) mass is 283 g/mol. The quantitative estimate of drug-likeness (QED) is 0.711. The first-order chi connectivity index (χ1) is 10.1. The number of hydrogen-bond acceptors (Lipinski definition) is 3. The van der Waals surface area contributed by atoms with Crippen LogP contribution in [0.2, 0.25) is 0 Å². The molecule has 110 valence electrons. The topological polar surface area (TPSA) is 38.3 Å². The third kappa shape index (κ3) is 1.91. The summed E-state index contributed by atoms with van der Waals surface area (Å²) in [4.78, 5) is 0. The second-order valence-corrected chi connectivity index (χ2v) is 6.28. The van der Waals surface area contributed by atoms with Crippen molar-refractivity contribution in [3.05, 3.63) is 34.8 Å². The SMILES string of the molecule is Cc1cc2c(C3CCCNC3)c3oc(C)cc3c(C)c2o1. The minimum Gasteiger partial charge on any atom is -0.461 e. The van der Waals surface area contributed by atoms with Gasteiger partial charge in [-0.25, -0.2) is 0 Å². The Balaban J connectivity index is 2.09. The predicted molar refractivity (Wildman–Crippen MR) is 85.0 cm³/mol. The summed E-state index contributed by atoms with van der Waals surface area (Å²) < 4.78 is 12.1. The highest BCUT2D eigenvalue weighted by molar-refractivity contribution is 6.02. The van der Waals surface area contributed by atoms with E-state index in [-0.39, 0.29) is 0 Å². The summed E-state index contributed by atoms with van der Waals surface area (Å²) in [7, 11) is 0. The lowest BCUT2D eigenvalue weighted by molar-refractivity contribution is 0.459. The molecule has 1 atom stereocenters. The van der Waals surface area contributed by atoms with E-state index in [1.165, 1.54) is 34.7 Å². The zero-order valence-electron chi connectivity index (χ0n) is 12.9. The van der Waals surface area contributed by atoms with Gasteiger partial charge in [0.05, 0.1) is 0 Å². The van der Waals surface area contributed by atoms with Crippen LogP contribution in [-0.2, 0) is 0 Å². The number of nitrogens with one attached hydrogen (secondary N) is 1. The molecule has 0 spiro atoms. The van der Waals surface area contributed by atoms with Crippen molar-refractivity contribution in [2.24, 2.45) is 0 Å². The predicted octanol–water partition coefficient (Wildman–Crippen LogP) is 4.57. The minimum atomic E-state index is 0.506. The Labute approximate surface area is 124 Å². The van der Waals surface area contributed by atoms with Crippen molar-refractivity contribution in [2.45, 2.75) is 39.5 Å². The highest BCUT2D eigenvalue weighted by atomic mass is 16.3. The smallest absolute Gasteiger partial charge is 0.138 e. The fourth-order valence-corrected chi connectivity index (χ4v) is 3.73. The van der Waals surface area contributed by atoms with Gasteiger partial charge in [-0.15, -0.1) is 0 Å². The first-order valence-electron chi connectivity index (χ1n) is 7.78. The highest BCUT2D eigenvalue weighted by Crippen LogP contribution is 2.41. The maximum absolute atomic E-state index is 6.08. The van der Waals surface area contributed by atoms with Gasteiger partial charge in [-0.2, -0.15) is 0 Å². The maximum Gasteiger partial charge on any atom is 0.138 e. The molecule has 3 aromatic rings. The summed E-state index contributed by atoms with van der Waals surface area (Å²) in [5.41, 5.74) is 4.62. The lowest BCUT2D eigenvalue weighted by Crippen LogP contribution is -2.28. The Morgan fingerprint density at radius 1 is 1.00 bits per heavy atom. The lowest BCUT2D eigenvalue weighted by Gasteiger charge is -2.24. The van der Waals surface area contributed by atoms with Gasteiger partial charge in [0, 0.05) is 34.4 Å². The van der Waals surface area contributed by atoms with E-state index in [2.05, 4.69) is 24.4 Å². The summed E-state index contributed by atoms with van der Waals surface area (Å²) >= 11 is 0. The van der Waals surface area contributed by atoms with Gasteiger partial charge in [0.1, 0.15) is 22.7 Å². The fraction of sp³-hybridized carbons (Fsp3) is 0.444. The van der Waals surface area contributed by atoms with Gasteiger partial charge >= 0.3 is 0 Å². The average Bonchev–Trinajstić information content (AvgIpc) is 3.03. The summed E-state index contributed by atoms with van der Waals surface area (Å²) in [6, 6.07) is 4.31. The summed E-state index contributed by atoms with van der Waals surface area (Å²) in [6.45, 7) is 8.32. The number of piperidine rings is 1. The molecule has 0 saturated carbocycles. The third-order valence-electron chi connectivity index (χ3n) is 4.70. The zero-order chi connectivity index (χ0) is 14.6. The maximum atomic E-state index is 6.08. The molecule has 0 aliphatic carbocycles. The van der Waals surface area contributed by atoms with E-state index in [4.69, 9.17) is 8.83 Å². The van der Waals surface area contributed by atoms with Crippen LogP contribution in [0.3, 0.4) is 0 Å². The van der Waals surface area contributed by atoms with Gasteiger partial charge in [-0.1, -0.05) is 0 Å². The average molecular weight is 283 g/mol. The second-order valence-electron chi connectivity index (χ2n) is 6.28. The second kappa shape index (κ2) is 4.63. The zero-order valence-corrected chi connectivity index (χ0v) is 12.9. The number of hydrogen-bond donors (Lipinski definition) is 1. The molecule has 1 aliphatic rings. The van der Waals surface area contributed by atoms with Crippen molar-refractivity contribution in [3.63, 3.8) is 0 Å². The number of aryl methyl sites for hydroxylation is 3. The Morgan fingerprint density at radius 2 is 1.71 bits per heavy atom. The molecule has 3 heteroatoms. The van der Waals surface area contributed by atoms with Crippen molar-refractivity contribution >= 4 is 21.9 Å². The summed E-state index contributed by atoms with van der Waals surface area (Å²) in [5, 5.41) is 5.96. The van der Waals surface area contributed by atoms with E-state index in [1.807, 2.05) is 13.8 Å². The van der Waals surface area contributed by atoms with Crippen LogP contribution in [0.1, 0.15) is 41.4 Å². The first-order valence-corrected chi connectivity index (χ1v) is 7.78. The van der Waals surface area contributed by atoms with Gasteiger partial charge in [-0.3, -0.25) is 0 Å². The van der Waals surface area contributed by atoms with Crippen LogP contribution in [0.4, 0.5) is 0 Å². The van der Waals surface area contributed by atoms with Crippen molar-refractivity contribution in [1.82, 2.24) is 5.32 Å².